The summed E-state index contributed by atoms with van der Waals surface area (Å²) in [4.78, 5) is 20.7. The first kappa shape index (κ1) is 21.7. The van der Waals surface area contributed by atoms with E-state index in [4.69, 9.17) is 4.84 Å². The summed E-state index contributed by atoms with van der Waals surface area (Å²) >= 11 is 0. The third-order valence-electron chi connectivity index (χ3n) is 4.94. The smallest absolute Gasteiger partial charge is 0.374 e. The Labute approximate surface area is 171 Å². The fraction of sp³-hybridized carbons (Fsp3) is 0.381. The molecule has 1 N–H and O–H groups in total. The predicted octanol–water partition coefficient (Wildman–Crippen LogP) is 4.53. The monoisotopic (exact) mass is 423 g/mol. The number of nitrogens with one attached hydrogen (secondary N) is 1. The van der Waals surface area contributed by atoms with Crippen molar-refractivity contribution in [2.24, 2.45) is 5.16 Å². The van der Waals surface area contributed by atoms with Crippen molar-refractivity contribution in [1.82, 2.24) is 10.3 Å². The van der Waals surface area contributed by atoms with Crippen molar-refractivity contribution in [2.75, 3.05) is 0 Å². The van der Waals surface area contributed by atoms with Gasteiger partial charge in [0.05, 0.1) is 12.1 Å². The van der Waals surface area contributed by atoms with Crippen molar-refractivity contribution in [3.05, 3.63) is 64.7 Å². The molecule has 3 rings (SSSR count). The summed E-state index contributed by atoms with van der Waals surface area (Å²) in [6, 6.07) is 5.82. The molecule has 0 fully saturated rings. The highest BCUT2D eigenvalue weighted by Crippen LogP contribution is 2.48. The maximum atomic E-state index is 13.9. The van der Waals surface area contributed by atoms with Gasteiger partial charge in [0.1, 0.15) is 11.5 Å². The largest absolute Gasteiger partial charge is 0.435 e. The Hall–Kier alpha value is -2.97. The molecule has 0 aliphatic carbocycles. The molecule has 0 saturated carbocycles. The molecule has 1 aliphatic rings. The van der Waals surface area contributed by atoms with Gasteiger partial charge in [-0.3, -0.25) is 9.78 Å². The van der Waals surface area contributed by atoms with E-state index in [2.05, 4.69) is 15.5 Å². The van der Waals surface area contributed by atoms with Crippen LogP contribution in [0.25, 0.3) is 0 Å². The summed E-state index contributed by atoms with van der Waals surface area (Å²) < 4.78 is 55.3. The molecular formula is C21H21F4N3O2. The third-order valence-corrected chi connectivity index (χ3v) is 4.94. The molecule has 160 valence electrons. The maximum Gasteiger partial charge on any atom is 0.435 e. The lowest BCUT2D eigenvalue weighted by Crippen LogP contribution is -2.42. The molecule has 2 heterocycles. The molecule has 0 saturated heterocycles. The van der Waals surface area contributed by atoms with Gasteiger partial charge in [0.15, 0.2) is 0 Å². The molecule has 9 heteroatoms. The SMILES string of the molecule is CCCC(=O)NCc1cnc(C2=NOC(c3cccc(F)c3)(C(F)(F)F)C2)cc1C. The molecule has 1 aliphatic heterocycles. The van der Waals surface area contributed by atoms with Crippen molar-refractivity contribution in [3.63, 3.8) is 0 Å². The van der Waals surface area contributed by atoms with Crippen LogP contribution in [0.3, 0.4) is 0 Å². The molecular weight excluding hydrogens is 402 g/mol. The van der Waals surface area contributed by atoms with Crippen LogP contribution in [0.5, 0.6) is 0 Å². The zero-order chi connectivity index (χ0) is 21.9. The van der Waals surface area contributed by atoms with E-state index < -0.39 is 24.0 Å². The molecule has 2 aromatic rings. The number of halogens is 4. The van der Waals surface area contributed by atoms with E-state index in [1.165, 1.54) is 12.3 Å². The average Bonchev–Trinajstić information content (AvgIpc) is 3.14. The lowest BCUT2D eigenvalue weighted by atomic mass is 9.87. The highest BCUT2D eigenvalue weighted by molar-refractivity contribution is 6.00. The van der Waals surface area contributed by atoms with Gasteiger partial charge in [-0.05, 0) is 42.7 Å². The van der Waals surface area contributed by atoms with Crippen LogP contribution < -0.4 is 5.32 Å². The van der Waals surface area contributed by atoms with E-state index in [0.29, 0.717) is 6.42 Å². The minimum Gasteiger partial charge on any atom is -0.374 e. The summed E-state index contributed by atoms with van der Waals surface area (Å²) in [5, 5.41) is 6.41. The van der Waals surface area contributed by atoms with E-state index in [0.717, 1.165) is 35.7 Å². The summed E-state index contributed by atoms with van der Waals surface area (Å²) in [5.41, 5.74) is -1.39. The minimum atomic E-state index is -4.81. The number of benzene rings is 1. The van der Waals surface area contributed by atoms with Crippen LogP contribution >= 0.6 is 0 Å². The van der Waals surface area contributed by atoms with E-state index in [1.54, 1.807) is 13.0 Å². The Bertz CT molecular complexity index is 975. The number of hydrogen-bond acceptors (Lipinski definition) is 4. The summed E-state index contributed by atoms with van der Waals surface area (Å²) in [5.74, 6) is -0.879. The highest BCUT2D eigenvalue weighted by Gasteiger charge is 2.62. The zero-order valence-corrected chi connectivity index (χ0v) is 16.5. The topological polar surface area (TPSA) is 63.6 Å². The summed E-state index contributed by atoms with van der Waals surface area (Å²) in [6.45, 7) is 3.94. The van der Waals surface area contributed by atoms with Crippen LogP contribution in [0.15, 0.2) is 41.7 Å². The third kappa shape index (κ3) is 4.29. The van der Waals surface area contributed by atoms with Crippen molar-refractivity contribution >= 4 is 11.6 Å². The van der Waals surface area contributed by atoms with Gasteiger partial charge >= 0.3 is 6.18 Å². The van der Waals surface area contributed by atoms with E-state index in [-0.39, 0.29) is 29.4 Å². The van der Waals surface area contributed by atoms with Crippen molar-refractivity contribution in [3.8, 4) is 0 Å². The van der Waals surface area contributed by atoms with Crippen LogP contribution in [0.4, 0.5) is 17.6 Å². The number of aromatic nitrogens is 1. The van der Waals surface area contributed by atoms with Crippen LogP contribution in [0.2, 0.25) is 0 Å². The van der Waals surface area contributed by atoms with Gasteiger partial charge < -0.3 is 10.2 Å². The Morgan fingerprint density at radius 1 is 1.30 bits per heavy atom. The van der Waals surface area contributed by atoms with Crippen LogP contribution in [-0.2, 0) is 21.8 Å². The first-order valence-electron chi connectivity index (χ1n) is 9.46. The Balaban J connectivity index is 1.82. The highest BCUT2D eigenvalue weighted by atomic mass is 19.4. The number of hydrogen-bond donors (Lipinski definition) is 1. The maximum absolute atomic E-state index is 13.9. The summed E-state index contributed by atoms with van der Waals surface area (Å²) in [7, 11) is 0. The van der Waals surface area contributed by atoms with Gasteiger partial charge in [-0.25, -0.2) is 4.39 Å². The van der Waals surface area contributed by atoms with E-state index in [1.807, 2.05) is 6.92 Å². The molecule has 1 aromatic heterocycles. The van der Waals surface area contributed by atoms with E-state index >= 15 is 0 Å². The first-order chi connectivity index (χ1) is 14.2. The number of rotatable bonds is 6. The Morgan fingerprint density at radius 2 is 2.07 bits per heavy atom. The molecule has 1 atom stereocenters. The second-order valence-electron chi connectivity index (χ2n) is 7.16. The molecule has 30 heavy (non-hydrogen) atoms. The number of alkyl halides is 3. The van der Waals surface area contributed by atoms with Gasteiger partial charge in [0, 0.05) is 24.7 Å². The second-order valence-corrected chi connectivity index (χ2v) is 7.16. The number of carbonyl (C=O) groups excluding carboxylic acids is 1. The second kappa shape index (κ2) is 8.41. The number of oxime groups is 1. The molecule has 1 aromatic carbocycles. The van der Waals surface area contributed by atoms with Gasteiger partial charge in [-0.15, -0.1) is 0 Å². The zero-order valence-electron chi connectivity index (χ0n) is 16.5. The molecule has 0 spiro atoms. The van der Waals surface area contributed by atoms with Crippen molar-refractivity contribution < 1.29 is 27.2 Å². The lowest BCUT2D eigenvalue weighted by Gasteiger charge is -2.29. The normalized spacial score (nSPS) is 18.7. The minimum absolute atomic E-state index is 0.0151. The number of nitrogens with zero attached hydrogens (tertiary/aromatic N) is 2. The average molecular weight is 423 g/mol. The van der Waals surface area contributed by atoms with Gasteiger partial charge in [-0.1, -0.05) is 24.2 Å². The molecule has 0 radical (unpaired) electrons. The number of amides is 1. The van der Waals surface area contributed by atoms with E-state index in [9.17, 15) is 22.4 Å². The molecule has 5 nitrogen and oxygen atoms in total. The molecule has 1 unspecified atom stereocenters. The van der Waals surface area contributed by atoms with Gasteiger partial charge in [0.25, 0.3) is 5.60 Å². The number of aryl methyl sites for hydroxylation is 1. The predicted molar refractivity (Wildman–Crippen MR) is 102 cm³/mol. The van der Waals surface area contributed by atoms with Crippen molar-refractivity contribution in [1.29, 1.82) is 0 Å². The van der Waals surface area contributed by atoms with Crippen LogP contribution in [-0.4, -0.2) is 22.8 Å². The standard InChI is InChI=1S/C21H21F4N3O2/c1-3-5-19(29)27-12-14-11-26-17(8-13(14)2)18-10-20(30-28-18,21(23,24)25)15-6-4-7-16(22)9-15/h4,6-9,11H,3,5,10,12H2,1-2H3,(H,27,29). The summed E-state index contributed by atoms with van der Waals surface area (Å²) in [6.07, 6.45) is -2.80. The van der Waals surface area contributed by atoms with Crippen LogP contribution in [0.1, 0.15) is 48.6 Å². The van der Waals surface area contributed by atoms with Gasteiger partial charge in [-0.2, -0.15) is 13.2 Å². The van der Waals surface area contributed by atoms with Crippen molar-refractivity contribution in [2.45, 2.75) is 51.4 Å². The number of pyridine rings is 1. The van der Waals surface area contributed by atoms with Gasteiger partial charge in [0.2, 0.25) is 5.91 Å². The quantitative estimate of drug-likeness (QED) is 0.695. The number of carbonyl (C=O) groups is 1. The molecule has 0 bridgehead atoms. The first-order valence-corrected chi connectivity index (χ1v) is 9.46. The molecule has 1 amide bonds. The Kier molecular flexibility index (Phi) is 6.09. The fourth-order valence-electron chi connectivity index (χ4n) is 3.22. The fourth-order valence-corrected chi connectivity index (χ4v) is 3.22. The Morgan fingerprint density at radius 3 is 2.70 bits per heavy atom. The lowest BCUT2D eigenvalue weighted by molar-refractivity contribution is -0.275. The van der Waals surface area contributed by atoms with Crippen LogP contribution in [0, 0.1) is 12.7 Å².